The van der Waals surface area contributed by atoms with Crippen LogP contribution in [0.3, 0.4) is 0 Å². The number of hydrogen-bond acceptors (Lipinski definition) is 5. The lowest BCUT2D eigenvalue weighted by Crippen LogP contribution is -2.51. The van der Waals surface area contributed by atoms with Gasteiger partial charge in [0.2, 0.25) is 5.91 Å². The summed E-state index contributed by atoms with van der Waals surface area (Å²) in [5.41, 5.74) is 6.31. The number of carbonyl (C=O) groups is 2. The number of piperazine rings is 1. The lowest BCUT2D eigenvalue weighted by atomic mass is 10.1. The van der Waals surface area contributed by atoms with Crippen molar-refractivity contribution >= 4 is 35.6 Å². The lowest BCUT2D eigenvalue weighted by Gasteiger charge is -2.34. The smallest absolute Gasteiger partial charge is 0.273 e. The first-order valence-corrected chi connectivity index (χ1v) is 8.91. The molecule has 6 nitrogen and oxygen atoms in total. The van der Waals surface area contributed by atoms with Crippen molar-refractivity contribution in [2.75, 3.05) is 26.2 Å². The third kappa shape index (κ3) is 4.57. The fourth-order valence-electron chi connectivity index (χ4n) is 2.74. The zero-order valence-corrected chi connectivity index (χ0v) is 15.7. The van der Waals surface area contributed by atoms with E-state index in [9.17, 15) is 14.0 Å². The molecule has 0 saturated carbocycles. The Bertz CT molecular complexity index is 778. The Hall–Kier alpha value is -2.03. The van der Waals surface area contributed by atoms with Crippen LogP contribution in [0.1, 0.15) is 21.1 Å². The van der Waals surface area contributed by atoms with Crippen molar-refractivity contribution in [3.8, 4) is 0 Å². The molecule has 0 unspecified atom stereocenters. The number of halogens is 2. The highest BCUT2D eigenvalue weighted by Gasteiger charge is 2.26. The quantitative estimate of drug-likeness (QED) is 0.849. The Morgan fingerprint density at radius 1 is 1.15 bits per heavy atom. The maximum Gasteiger partial charge on any atom is 0.273 e. The van der Waals surface area contributed by atoms with Crippen LogP contribution in [0.5, 0.6) is 0 Å². The molecule has 1 aromatic heterocycles. The van der Waals surface area contributed by atoms with Gasteiger partial charge in [-0.2, -0.15) is 0 Å². The summed E-state index contributed by atoms with van der Waals surface area (Å²) in [6.07, 6.45) is 0.0343. The maximum atomic E-state index is 13.7. The van der Waals surface area contributed by atoms with E-state index in [4.69, 9.17) is 5.73 Å². The summed E-state index contributed by atoms with van der Waals surface area (Å²) < 4.78 is 13.7. The molecule has 140 valence electrons. The normalized spacial score (nSPS) is 14.1. The van der Waals surface area contributed by atoms with Crippen LogP contribution in [-0.4, -0.2) is 52.8 Å². The SMILES string of the molecule is Cl.NCc1nc(C(=O)N2CCN(C(=O)Cc3ccccc3F)CC2)cs1. The molecular formula is C17H20ClFN4O2S. The molecule has 2 amide bonds. The number of thiazole rings is 1. The number of hydrogen-bond donors (Lipinski definition) is 1. The Morgan fingerprint density at radius 2 is 1.81 bits per heavy atom. The first-order valence-electron chi connectivity index (χ1n) is 8.03. The van der Waals surface area contributed by atoms with Crippen molar-refractivity contribution in [2.45, 2.75) is 13.0 Å². The van der Waals surface area contributed by atoms with Gasteiger partial charge in [-0.3, -0.25) is 9.59 Å². The van der Waals surface area contributed by atoms with Gasteiger partial charge in [0.25, 0.3) is 5.91 Å². The number of nitrogens with zero attached hydrogens (tertiary/aromatic N) is 3. The summed E-state index contributed by atoms with van der Waals surface area (Å²) in [5.74, 6) is -0.641. The van der Waals surface area contributed by atoms with Crippen LogP contribution in [0.15, 0.2) is 29.6 Å². The van der Waals surface area contributed by atoms with Gasteiger partial charge >= 0.3 is 0 Å². The highest BCUT2D eigenvalue weighted by atomic mass is 35.5. The molecule has 26 heavy (non-hydrogen) atoms. The number of rotatable bonds is 4. The van der Waals surface area contributed by atoms with Crippen molar-refractivity contribution in [3.63, 3.8) is 0 Å². The first kappa shape index (κ1) is 20.3. The molecular weight excluding hydrogens is 379 g/mol. The highest BCUT2D eigenvalue weighted by Crippen LogP contribution is 2.14. The molecule has 1 aliphatic rings. The minimum atomic E-state index is -0.371. The fraction of sp³-hybridized carbons (Fsp3) is 0.353. The molecule has 2 aromatic rings. The summed E-state index contributed by atoms with van der Waals surface area (Å²) in [6, 6.07) is 6.28. The number of nitrogens with two attached hydrogens (primary N) is 1. The van der Waals surface area contributed by atoms with Crippen molar-refractivity contribution in [2.24, 2.45) is 5.73 Å². The number of aromatic nitrogens is 1. The molecule has 9 heteroatoms. The van der Waals surface area contributed by atoms with Crippen LogP contribution in [0, 0.1) is 5.82 Å². The van der Waals surface area contributed by atoms with E-state index in [0.717, 1.165) is 5.01 Å². The summed E-state index contributed by atoms with van der Waals surface area (Å²) in [4.78, 5) is 32.3. The predicted octanol–water partition coefficient (Wildman–Crippen LogP) is 1.69. The van der Waals surface area contributed by atoms with Crippen LogP contribution in [-0.2, 0) is 17.8 Å². The second-order valence-corrected chi connectivity index (χ2v) is 6.71. The molecule has 1 aliphatic heterocycles. The zero-order chi connectivity index (χ0) is 17.8. The van der Waals surface area contributed by atoms with Crippen LogP contribution in [0.25, 0.3) is 0 Å². The molecule has 0 radical (unpaired) electrons. The average Bonchev–Trinajstić information content (AvgIpc) is 3.12. The second-order valence-electron chi connectivity index (χ2n) is 5.77. The van der Waals surface area contributed by atoms with E-state index in [0.29, 0.717) is 44.0 Å². The fourth-order valence-corrected chi connectivity index (χ4v) is 3.39. The van der Waals surface area contributed by atoms with Gasteiger partial charge in [0.1, 0.15) is 16.5 Å². The molecule has 1 aromatic carbocycles. The van der Waals surface area contributed by atoms with E-state index >= 15 is 0 Å². The topological polar surface area (TPSA) is 79.5 Å². The molecule has 1 fully saturated rings. The lowest BCUT2D eigenvalue weighted by molar-refractivity contribution is -0.132. The third-order valence-corrected chi connectivity index (χ3v) is 5.04. The summed E-state index contributed by atoms with van der Waals surface area (Å²) in [6.45, 7) is 2.07. The highest BCUT2D eigenvalue weighted by molar-refractivity contribution is 7.09. The van der Waals surface area contributed by atoms with Crippen LogP contribution in [0.4, 0.5) is 4.39 Å². The van der Waals surface area contributed by atoms with Crippen LogP contribution < -0.4 is 5.73 Å². The standard InChI is InChI=1S/C17H19FN4O2S.ClH/c18-13-4-2-1-3-12(13)9-16(23)21-5-7-22(8-6-21)17(24)14-11-25-15(10-19)20-14;/h1-4,11H,5-10,19H2;1H. The number of carbonyl (C=O) groups excluding carboxylic acids is 2. The van der Waals surface area contributed by atoms with Gasteiger partial charge in [-0.15, -0.1) is 23.7 Å². The number of amides is 2. The van der Waals surface area contributed by atoms with Gasteiger partial charge in [-0.25, -0.2) is 9.37 Å². The van der Waals surface area contributed by atoms with Gasteiger partial charge in [-0.05, 0) is 11.6 Å². The second kappa shape index (κ2) is 9.07. The van der Waals surface area contributed by atoms with E-state index in [1.807, 2.05) is 0 Å². The van der Waals surface area contributed by atoms with E-state index in [-0.39, 0.29) is 36.5 Å². The Labute approximate surface area is 161 Å². The summed E-state index contributed by atoms with van der Waals surface area (Å²) >= 11 is 1.37. The molecule has 0 aliphatic carbocycles. The largest absolute Gasteiger partial charge is 0.339 e. The Morgan fingerprint density at radius 3 is 2.42 bits per heavy atom. The van der Waals surface area contributed by atoms with Gasteiger partial charge in [0.15, 0.2) is 0 Å². The molecule has 3 rings (SSSR count). The molecule has 0 bridgehead atoms. The van der Waals surface area contributed by atoms with E-state index in [1.165, 1.54) is 17.4 Å². The Balaban J connectivity index is 0.00000243. The van der Waals surface area contributed by atoms with Crippen LogP contribution >= 0.6 is 23.7 Å². The van der Waals surface area contributed by atoms with Gasteiger partial charge in [0, 0.05) is 38.1 Å². The first-order chi connectivity index (χ1) is 12.1. The maximum absolute atomic E-state index is 13.7. The van der Waals surface area contributed by atoms with E-state index < -0.39 is 0 Å². The van der Waals surface area contributed by atoms with Crippen molar-refractivity contribution < 1.29 is 14.0 Å². The summed E-state index contributed by atoms with van der Waals surface area (Å²) in [7, 11) is 0. The minimum Gasteiger partial charge on any atom is -0.339 e. The third-order valence-electron chi connectivity index (χ3n) is 4.16. The molecule has 1 saturated heterocycles. The Kier molecular flexibility index (Phi) is 7.07. The van der Waals surface area contributed by atoms with Crippen molar-refractivity contribution in [1.82, 2.24) is 14.8 Å². The molecule has 2 heterocycles. The van der Waals surface area contributed by atoms with Crippen molar-refractivity contribution in [3.05, 3.63) is 51.7 Å². The van der Waals surface area contributed by atoms with Gasteiger partial charge in [-0.1, -0.05) is 18.2 Å². The monoisotopic (exact) mass is 398 g/mol. The van der Waals surface area contributed by atoms with E-state index in [2.05, 4.69) is 4.98 Å². The van der Waals surface area contributed by atoms with E-state index in [1.54, 1.807) is 33.4 Å². The molecule has 0 atom stereocenters. The van der Waals surface area contributed by atoms with Crippen LogP contribution in [0.2, 0.25) is 0 Å². The van der Waals surface area contributed by atoms with Gasteiger partial charge < -0.3 is 15.5 Å². The zero-order valence-electron chi connectivity index (χ0n) is 14.1. The molecule has 0 spiro atoms. The minimum absolute atomic E-state index is 0. The average molecular weight is 399 g/mol. The number of benzene rings is 1. The van der Waals surface area contributed by atoms with Gasteiger partial charge in [0.05, 0.1) is 6.42 Å². The summed E-state index contributed by atoms with van der Waals surface area (Å²) in [5, 5.41) is 2.43. The predicted molar refractivity (Wildman–Crippen MR) is 99.8 cm³/mol. The molecule has 2 N–H and O–H groups in total. The van der Waals surface area contributed by atoms with Crippen molar-refractivity contribution in [1.29, 1.82) is 0 Å².